The van der Waals surface area contributed by atoms with Crippen LogP contribution in [-0.4, -0.2) is 22.6 Å². The summed E-state index contributed by atoms with van der Waals surface area (Å²) >= 11 is 0. The smallest absolute Gasteiger partial charge is 0.0653 e. The third-order valence-corrected chi connectivity index (χ3v) is 4.53. The number of nitrogens with one attached hydrogen (secondary N) is 1. The minimum absolute atomic E-state index is 0.330. The van der Waals surface area contributed by atoms with Crippen LogP contribution in [0.15, 0.2) is 12.4 Å². The molecule has 1 aliphatic carbocycles. The molecule has 94 valence electrons. The van der Waals surface area contributed by atoms with Gasteiger partial charge in [0.15, 0.2) is 0 Å². The molecule has 0 spiro atoms. The molecule has 1 N–H and O–H groups in total. The standard InChI is InChI=1S/C14H23N3/c1-5-14(4)11(9-12(14)15-6-2)13-10(3)16-7-8-17-13/h7-8,11-12,15H,5-6,9H2,1-4H3. The maximum Gasteiger partial charge on any atom is 0.0653 e. The molecule has 3 atom stereocenters. The average Bonchev–Trinajstić information content (AvgIpc) is 2.34. The van der Waals surface area contributed by atoms with Crippen molar-refractivity contribution in [1.82, 2.24) is 15.3 Å². The van der Waals surface area contributed by atoms with Crippen LogP contribution in [0, 0.1) is 12.3 Å². The molecule has 0 aliphatic heterocycles. The van der Waals surface area contributed by atoms with Gasteiger partial charge in [0.25, 0.3) is 0 Å². The van der Waals surface area contributed by atoms with Gasteiger partial charge in [0.2, 0.25) is 0 Å². The van der Waals surface area contributed by atoms with Crippen molar-refractivity contribution in [3.8, 4) is 0 Å². The first-order valence-electron chi connectivity index (χ1n) is 6.64. The number of hydrogen-bond acceptors (Lipinski definition) is 3. The van der Waals surface area contributed by atoms with Gasteiger partial charge in [-0.3, -0.25) is 9.97 Å². The summed E-state index contributed by atoms with van der Waals surface area (Å²) in [7, 11) is 0. The summed E-state index contributed by atoms with van der Waals surface area (Å²) in [5, 5.41) is 3.59. The van der Waals surface area contributed by atoms with Crippen LogP contribution in [-0.2, 0) is 0 Å². The number of aryl methyl sites for hydroxylation is 1. The first-order chi connectivity index (χ1) is 8.13. The van der Waals surface area contributed by atoms with Crippen molar-refractivity contribution in [2.45, 2.75) is 52.5 Å². The molecule has 1 fully saturated rings. The van der Waals surface area contributed by atoms with Crippen molar-refractivity contribution in [3.63, 3.8) is 0 Å². The summed E-state index contributed by atoms with van der Waals surface area (Å²) in [6, 6.07) is 0.629. The average molecular weight is 233 g/mol. The van der Waals surface area contributed by atoms with Crippen LogP contribution in [0.4, 0.5) is 0 Å². The van der Waals surface area contributed by atoms with Gasteiger partial charge in [0, 0.05) is 24.4 Å². The monoisotopic (exact) mass is 233 g/mol. The summed E-state index contributed by atoms with van der Waals surface area (Å²) in [4.78, 5) is 8.92. The van der Waals surface area contributed by atoms with E-state index in [0.29, 0.717) is 17.4 Å². The van der Waals surface area contributed by atoms with Gasteiger partial charge in [-0.25, -0.2) is 0 Å². The predicted octanol–water partition coefficient (Wildman–Crippen LogP) is 2.67. The Labute approximate surface area is 104 Å². The van der Waals surface area contributed by atoms with E-state index in [1.54, 1.807) is 6.20 Å². The number of nitrogens with zero attached hydrogens (tertiary/aromatic N) is 2. The van der Waals surface area contributed by atoms with Gasteiger partial charge in [-0.1, -0.05) is 20.8 Å². The Morgan fingerprint density at radius 3 is 2.65 bits per heavy atom. The Balaban J connectivity index is 2.22. The van der Waals surface area contributed by atoms with Crippen molar-refractivity contribution in [2.24, 2.45) is 5.41 Å². The summed E-state index contributed by atoms with van der Waals surface area (Å²) < 4.78 is 0. The summed E-state index contributed by atoms with van der Waals surface area (Å²) in [6.45, 7) is 9.95. The number of hydrogen-bond donors (Lipinski definition) is 1. The summed E-state index contributed by atoms with van der Waals surface area (Å²) in [5.41, 5.74) is 2.62. The van der Waals surface area contributed by atoms with E-state index in [2.05, 4.69) is 43.0 Å². The van der Waals surface area contributed by atoms with Crippen molar-refractivity contribution in [3.05, 3.63) is 23.8 Å². The Morgan fingerprint density at radius 2 is 2.06 bits per heavy atom. The van der Waals surface area contributed by atoms with Gasteiger partial charge >= 0.3 is 0 Å². The minimum atomic E-state index is 0.330. The Kier molecular flexibility index (Phi) is 3.48. The summed E-state index contributed by atoms with van der Waals surface area (Å²) in [5.74, 6) is 0.560. The molecule has 0 bridgehead atoms. The van der Waals surface area contributed by atoms with E-state index in [9.17, 15) is 0 Å². The van der Waals surface area contributed by atoms with E-state index in [1.165, 1.54) is 18.5 Å². The topological polar surface area (TPSA) is 37.8 Å². The Morgan fingerprint density at radius 1 is 1.35 bits per heavy atom. The molecule has 3 nitrogen and oxygen atoms in total. The van der Waals surface area contributed by atoms with Crippen molar-refractivity contribution in [2.75, 3.05) is 6.54 Å². The van der Waals surface area contributed by atoms with Gasteiger partial charge in [-0.05, 0) is 31.7 Å². The predicted molar refractivity (Wildman–Crippen MR) is 70.0 cm³/mol. The van der Waals surface area contributed by atoms with Crippen LogP contribution in [0.1, 0.15) is 50.9 Å². The molecule has 0 amide bonds. The van der Waals surface area contributed by atoms with Crippen LogP contribution in [0.2, 0.25) is 0 Å². The summed E-state index contributed by atoms with van der Waals surface area (Å²) in [6.07, 6.45) is 5.98. The molecule has 1 heterocycles. The highest BCUT2D eigenvalue weighted by Gasteiger charge is 2.51. The molecular weight excluding hydrogens is 210 g/mol. The Bertz CT molecular complexity index is 391. The molecule has 2 rings (SSSR count). The van der Waals surface area contributed by atoms with Gasteiger partial charge in [-0.2, -0.15) is 0 Å². The van der Waals surface area contributed by atoms with Gasteiger partial charge < -0.3 is 5.32 Å². The second kappa shape index (κ2) is 4.73. The highest BCUT2D eigenvalue weighted by Crippen LogP contribution is 2.54. The second-order valence-corrected chi connectivity index (χ2v) is 5.28. The van der Waals surface area contributed by atoms with E-state index >= 15 is 0 Å². The largest absolute Gasteiger partial charge is 0.314 e. The first kappa shape index (κ1) is 12.5. The second-order valence-electron chi connectivity index (χ2n) is 5.28. The zero-order valence-corrected chi connectivity index (χ0v) is 11.3. The van der Waals surface area contributed by atoms with E-state index in [4.69, 9.17) is 0 Å². The molecular formula is C14H23N3. The zero-order chi connectivity index (χ0) is 12.5. The molecule has 17 heavy (non-hydrogen) atoms. The van der Waals surface area contributed by atoms with Gasteiger partial charge in [0.05, 0.1) is 11.4 Å². The fourth-order valence-electron chi connectivity index (χ4n) is 3.10. The molecule has 0 saturated heterocycles. The highest BCUT2D eigenvalue weighted by molar-refractivity contribution is 5.24. The van der Waals surface area contributed by atoms with Crippen LogP contribution >= 0.6 is 0 Å². The molecule has 1 aliphatic rings. The third kappa shape index (κ3) is 1.97. The van der Waals surface area contributed by atoms with Gasteiger partial charge in [-0.15, -0.1) is 0 Å². The fraction of sp³-hybridized carbons (Fsp3) is 0.714. The van der Waals surface area contributed by atoms with Crippen molar-refractivity contribution in [1.29, 1.82) is 0 Å². The molecule has 3 unspecified atom stereocenters. The van der Waals surface area contributed by atoms with Crippen molar-refractivity contribution >= 4 is 0 Å². The number of aromatic nitrogens is 2. The highest BCUT2D eigenvalue weighted by atomic mass is 15.0. The zero-order valence-electron chi connectivity index (χ0n) is 11.3. The van der Waals surface area contributed by atoms with Crippen LogP contribution in [0.25, 0.3) is 0 Å². The molecule has 0 radical (unpaired) electrons. The maximum atomic E-state index is 4.55. The maximum absolute atomic E-state index is 4.55. The lowest BCUT2D eigenvalue weighted by Crippen LogP contribution is -2.57. The normalized spacial score (nSPS) is 32.2. The van der Waals surface area contributed by atoms with E-state index in [-0.39, 0.29) is 0 Å². The SMILES string of the molecule is CCNC1CC(c2nccnc2C)C1(C)CC. The molecule has 3 heteroatoms. The lowest BCUT2D eigenvalue weighted by molar-refractivity contribution is 0.0425. The van der Waals surface area contributed by atoms with Crippen LogP contribution in [0.3, 0.4) is 0 Å². The molecule has 1 aromatic heterocycles. The fourth-order valence-corrected chi connectivity index (χ4v) is 3.10. The van der Waals surface area contributed by atoms with Gasteiger partial charge in [0.1, 0.15) is 0 Å². The minimum Gasteiger partial charge on any atom is -0.314 e. The first-order valence-corrected chi connectivity index (χ1v) is 6.64. The molecule has 1 saturated carbocycles. The third-order valence-electron chi connectivity index (χ3n) is 4.53. The van der Waals surface area contributed by atoms with Crippen molar-refractivity contribution < 1.29 is 0 Å². The van der Waals surface area contributed by atoms with E-state index in [0.717, 1.165) is 12.2 Å². The van der Waals surface area contributed by atoms with E-state index < -0.39 is 0 Å². The van der Waals surface area contributed by atoms with Crippen LogP contribution in [0.5, 0.6) is 0 Å². The van der Waals surface area contributed by atoms with E-state index in [1.807, 2.05) is 6.20 Å². The lowest BCUT2D eigenvalue weighted by atomic mass is 9.54. The lowest BCUT2D eigenvalue weighted by Gasteiger charge is -2.54. The Hall–Kier alpha value is -0.960. The number of rotatable bonds is 4. The quantitative estimate of drug-likeness (QED) is 0.869. The molecule has 0 aromatic carbocycles. The molecule has 1 aromatic rings. The van der Waals surface area contributed by atoms with Crippen LogP contribution < -0.4 is 5.32 Å².